The third-order valence-electron chi connectivity index (χ3n) is 3.24. The Kier molecular flexibility index (Phi) is 3.03. The third kappa shape index (κ3) is 1.98. The van der Waals surface area contributed by atoms with Gasteiger partial charge in [0, 0.05) is 11.4 Å². The van der Waals surface area contributed by atoms with Crippen LogP contribution in [0.2, 0.25) is 5.02 Å². The van der Waals surface area contributed by atoms with E-state index in [9.17, 15) is 0 Å². The molecule has 0 bridgehead atoms. The fraction of sp³-hybridized carbons (Fsp3) is 0.133. The van der Waals surface area contributed by atoms with Crippen molar-refractivity contribution in [2.24, 2.45) is 0 Å². The zero-order chi connectivity index (χ0) is 14.3. The monoisotopic (exact) mass is 287 g/mol. The van der Waals surface area contributed by atoms with E-state index in [-0.39, 0.29) is 0 Å². The summed E-state index contributed by atoms with van der Waals surface area (Å²) in [6.45, 7) is 1.95. The molecule has 0 saturated carbocycles. The number of halogens is 1. The van der Waals surface area contributed by atoms with Gasteiger partial charge in [-0.3, -0.25) is 4.57 Å². The van der Waals surface area contributed by atoms with Crippen molar-refractivity contribution in [2.75, 3.05) is 12.8 Å². The van der Waals surface area contributed by atoms with Crippen molar-refractivity contribution in [1.29, 1.82) is 0 Å². The number of nitrogens with zero attached hydrogens (tertiary/aromatic N) is 2. The number of fused-ring (bicyclic) bond motifs is 1. The predicted molar refractivity (Wildman–Crippen MR) is 81.8 cm³/mol. The van der Waals surface area contributed by atoms with Gasteiger partial charge in [-0.1, -0.05) is 11.6 Å². The molecular weight excluding hydrogens is 274 g/mol. The maximum absolute atomic E-state index is 6.20. The summed E-state index contributed by atoms with van der Waals surface area (Å²) >= 11 is 6.20. The number of nitrogens with two attached hydrogens (primary N) is 1. The molecule has 2 aromatic carbocycles. The van der Waals surface area contributed by atoms with Gasteiger partial charge in [-0.2, -0.15) is 0 Å². The van der Waals surface area contributed by atoms with E-state index in [0.29, 0.717) is 16.5 Å². The van der Waals surface area contributed by atoms with Gasteiger partial charge in [-0.05, 0) is 43.3 Å². The Labute approximate surface area is 121 Å². The number of hydrogen-bond donors (Lipinski definition) is 1. The highest BCUT2D eigenvalue weighted by Crippen LogP contribution is 2.29. The maximum Gasteiger partial charge on any atom is 0.137 e. The van der Waals surface area contributed by atoms with Crippen LogP contribution in [-0.4, -0.2) is 16.7 Å². The van der Waals surface area contributed by atoms with E-state index < -0.39 is 0 Å². The van der Waals surface area contributed by atoms with Crippen molar-refractivity contribution in [1.82, 2.24) is 9.55 Å². The average Bonchev–Trinajstić information content (AvgIpc) is 2.73. The zero-order valence-electron chi connectivity index (χ0n) is 11.2. The molecule has 0 spiro atoms. The lowest BCUT2D eigenvalue weighted by atomic mass is 10.2. The molecule has 1 aromatic heterocycles. The molecule has 2 N–H and O–H groups in total. The second-order valence-electron chi connectivity index (χ2n) is 4.56. The van der Waals surface area contributed by atoms with E-state index in [1.165, 1.54) is 0 Å². The summed E-state index contributed by atoms with van der Waals surface area (Å²) in [4.78, 5) is 4.53. The minimum atomic E-state index is 0.571. The molecule has 0 amide bonds. The van der Waals surface area contributed by atoms with E-state index in [0.717, 1.165) is 22.5 Å². The molecule has 102 valence electrons. The molecule has 0 aliphatic rings. The van der Waals surface area contributed by atoms with Crippen LogP contribution in [0.3, 0.4) is 0 Å². The van der Waals surface area contributed by atoms with Gasteiger partial charge in [0.2, 0.25) is 0 Å². The first kappa shape index (κ1) is 12.8. The van der Waals surface area contributed by atoms with Crippen molar-refractivity contribution >= 4 is 28.3 Å². The van der Waals surface area contributed by atoms with Crippen molar-refractivity contribution in [2.45, 2.75) is 6.92 Å². The van der Waals surface area contributed by atoms with Crippen LogP contribution in [0.15, 0.2) is 36.4 Å². The van der Waals surface area contributed by atoms with Gasteiger partial charge in [0.05, 0.1) is 23.2 Å². The predicted octanol–water partition coefficient (Wildman–Crippen LogP) is 3.58. The number of anilines is 1. The quantitative estimate of drug-likeness (QED) is 0.733. The van der Waals surface area contributed by atoms with Gasteiger partial charge < -0.3 is 10.5 Å². The molecule has 1 heterocycles. The highest BCUT2D eigenvalue weighted by molar-refractivity contribution is 6.32. The topological polar surface area (TPSA) is 53.1 Å². The molecule has 4 nitrogen and oxygen atoms in total. The standard InChI is InChI=1S/C15H14ClN3O/c1-9-18-13-7-10(17)3-5-14(13)19(9)11-4-6-15(20-2)12(16)8-11/h3-8H,17H2,1-2H3. The number of rotatable bonds is 2. The molecule has 0 unspecified atom stereocenters. The molecule has 0 aliphatic carbocycles. The van der Waals surface area contributed by atoms with Crippen LogP contribution in [0.5, 0.6) is 5.75 Å². The fourth-order valence-electron chi connectivity index (χ4n) is 2.34. The molecule has 0 radical (unpaired) electrons. The summed E-state index contributed by atoms with van der Waals surface area (Å²) in [5.41, 5.74) is 9.31. The summed E-state index contributed by atoms with van der Waals surface area (Å²) in [6.07, 6.45) is 0. The van der Waals surface area contributed by atoms with Crippen molar-refractivity contribution in [3.63, 3.8) is 0 Å². The van der Waals surface area contributed by atoms with Gasteiger partial charge in [-0.25, -0.2) is 4.98 Å². The molecule has 3 aromatic rings. The van der Waals surface area contributed by atoms with Gasteiger partial charge in [0.25, 0.3) is 0 Å². The second-order valence-corrected chi connectivity index (χ2v) is 4.97. The lowest BCUT2D eigenvalue weighted by molar-refractivity contribution is 0.415. The number of aryl methyl sites for hydroxylation is 1. The van der Waals surface area contributed by atoms with E-state index in [1.807, 2.05) is 47.9 Å². The van der Waals surface area contributed by atoms with Gasteiger partial charge in [0.15, 0.2) is 0 Å². The molecule has 0 aliphatic heterocycles. The fourth-order valence-corrected chi connectivity index (χ4v) is 2.59. The van der Waals surface area contributed by atoms with Crippen LogP contribution in [0.25, 0.3) is 16.7 Å². The molecule has 5 heteroatoms. The zero-order valence-corrected chi connectivity index (χ0v) is 12.0. The Morgan fingerprint density at radius 3 is 2.70 bits per heavy atom. The number of nitrogen functional groups attached to an aromatic ring is 1. The summed E-state index contributed by atoms with van der Waals surface area (Å²) in [6, 6.07) is 11.4. The molecular formula is C15H14ClN3O. The van der Waals surface area contributed by atoms with Gasteiger partial charge >= 0.3 is 0 Å². The van der Waals surface area contributed by atoms with Crippen LogP contribution >= 0.6 is 11.6 Å². The average molecular weight is 288 g/mol. The van der Waals surface area contributed by atoms with Gasteiger partial charge in [-0.15, -0.1) is 0 Å². The summed E-state index contributed by atoms with van der Waals surface area (Å²) < 4.78 is 7.22. The third-order valence-corrected chi connectivity index (χ3v) is 3.54. The molecule has 0 saturated heterocycles. The van der Waals surface area contributed by atoms with Crippen LogP contribution in [0.1, 0.15) is 5.82 Å². The van der Waals surface area contributed by atoms with E-state index >= 15 is 0 Å². The highest BCUT2D eigenvalue weighted by Gasteiger charge is 2.11. The number of hydrogen-bond acceptors (Lipinski definition) is 3. The second kappa shape index (κ2) is 4.72. The van der Waals surface area contributed by atoms with E-state index in [1.54, 1.807) is 7.11 Å². The van der Waals surface area contributed by atoms with Crippen LogP contribution in [0.4, 0.5) is 5.69 Å². The first-order chi connectivity index (χ1) is 9.60. The summed E-state index contributed by atoms with van der Waals surface area (Å²) in [7, 11) is 1.60. The Balaban J connectivity index is 2.23. The lowest BCUT2D eigenvalue weighted by Crippen LogP contribution is -1.97. The highest BCUT2D eigenvalue weighted by atomic mass is 35.5. The first-order valence-corrected chi connectivity index (χ1v) is 6.56. The number of benzene rings is 2. The van der Waals surface area contributed by atoms with E-state index in [4.69, 9.17) is 22.1 Å². The minimum absolute atomic E-state index is 0.571. The first-order valence-electron chi connectivity index (χ1n) is 6.18. The summed E-state index contributed by atoms with van der Waals surface area (Å²) in [5, 5.41) is 0.571. The van der Waals surface area contributed by atoms with Crippen LogP contribution < -0.4 is 10.5 Å². The number of aromatic nitrogens is 2. The van der Waals surface area contributed by atoms with Crippen molar-refractivity contribution in [3.8, 4) is 11.4 Å². The number of imidazole rings is 1. The minimum Gasteiger partial charge on any atom is -0.495 e. The Hall–Kier alpha value is -2.20. The Bertz CT molecular complexity index is 795. The number of ether oxygens (including phenoxy) is 1. The van der Waals surface area contributed by atoms with Crippen molar-refractivity contribution < 1.29 is 4.74 Å². The Morgan fingerprint density at radius 2 is 2.00 bits per heavy atom. The normalized spacial score (nSPS) is 10.9. The van der Waals surface area contributed by atoms with Gasteiger partial charge in [0.1, 0.15) is 11.6 Å². The lowest BCUT2D eigenvalue weighted by Gasteiger charge is -2.09. The maximum atomic E-state index is 6.20. The number of methoxy groups -OCH3 is 1. The van der Waals surface area contributed by atoms with Crippen molar-refractivity contribution in [3.05, 3.63) is 47.2 Å². The molecule has 0 fully saturated rings. The molecule has 20 heavy (non-hydrogen) atoms. The largest absolute Gasteiger partial charge is 0.495 e. The molecule has 0 atom stereocenters. The molecule has 3 rings (SSSR count). The summed E-state index contributed by atoms with van der Waals surface area (Å²) in [5.74, 6) is 1.54. The smallest absolute Gasteiger partial charge is 0.137 e. The Morgan fingerprint density at radius 1 is 1.20 bits per heavy atom. The van der Waals surface area contributed by atoms with E-state index in [2.05, 4.69) is 4.98 Å². The van der Waals surface area contributed by atoms with Crippen LogP contribution in [-0.2, 0) is 0 Å². The SMILES string of the molecule is COc1ccc(-n2c(C)nc3cc(N)ccc32)cc1Cl. The van der Waals surface area contributed by atoms with Crippen LogP contribution in [0, 0.1) is 6.92 Å².